The van der Waals surface area contributed by atoms with Gasteiger partial charge < -0.3 is 9.80 Å². The van der Waals surface area contributed by atoms with E-state index in [1.165, 1.54) is 50.3 Å². The van der Waals surface area contributed by atoms with Crippen LogP contribution in [0, 0.1) is 6.92 Å². The summed E-state index contributed by atoms with van der Waals surface area (Å²) >= 11 is 0. The zero-order valence-corrected chi connectivity index (χ0v) is 25.0. The summed E-state index contributed by atoms with van der Waals surface area (Å²) in [5.74, 6) is 0. The zero-order chi connectivity index (χ0) is 27.9. The Morgan fingerprint density at radius 1 is 0.718 bits per heavy atom. The number of hydrogen-bond donors (Lipinski definition) is 0. The van der Waals surface area contributed by atoms with Crippen molar-refractivity contribution in [3.05, 3.63) is 107 Å². The van der Waals surface area contributed by atoms with Crippen LogP contribution in [0.5, 0.6) is 0 Å². The number of nitrogens with zero attached hydrogens (tertiary/aromatic N) is 3. The quantitative estimate of drug-likeness (QED) is 0.266. The second-order valence-electron chi connectivity index (χ2n) is 10.3. The fourth-order valence-corrected chi connectivity index (χ4v) is 5.54. The molecule has 4 rings (SSSR count). The molecule has 39 heavy (non-hydrogen) atoms. The third kappa shape index (κ3) is 6.03. The standard InChI is InChI=1S/C36H45N3/c1-8-27(7)37-35-24-23-34(32-15-13-14-16-33(32)35)36(28-17-19-29(20-18-28)38(9-2)10-3)31-22-21-30(25-26(31)6)39(11-4)12-5/h13-25,27H,8-12H2,1-7H3. The first kappa shape index (κ1) is 28.4. The average Bonchev–Trinajstić information content (AvgIpc) is 2.97. The zero-order valence-electron chi connectivity index (χ0n) is 25.0. The Morgan fingerprint density at radius 2 is 1.31 bits per heavy atom. The number of fused-ring (bicyclic) bond motifs is 1. The van der Waals surface area contributed by atoms with E-state index in [0.29, 0.717) is 6.04 Å². The summed E-state index contributed by atoms with van der Waals surface area (Å²) < 4.78 is 0. The lowest BCUT2D eigenvalue weighted by Crippen LogP contribution is -2.22. The van der Waals surface area contributed by atoms with Gasteiger partial charge in [-0.25, -0.2) is 0 Å². The van der Waals surface area contributed by atoms with E-state index in [1.807, 2.05) is 0 Å². The van der Waals surface area contributed by atoms with E-state index in [2.05, 4.69) is 137 Å². The summed E-state index contributed by atoms with van der Waals surface area (Å²) in [6.07, 6.45) is 5.53. The Bertz CT molecular complexity index is 1350. The van der Waals surface area contributed by atoms with Crippen LogP contribution in [0.15, 0.2) is 83.9 Å². The van der Waals surface area contributed by atoms with Crippen LogP contribution in [-0.4, -0.2) is 37.9 Å². The number of allylic oxidation sites excluding steroid dienone is 3. The Hall–Kier alpha value is -3.59. The Balaban J connectivity index is 1.96. The second kappa shape index (κ2) is 13.0. The van der Waals surface area contributed by atoms with Crippen molar-refractivity contribution in [2.75, 3.05) is 36.0 Å². The van der Waals surface area contributed by atoms with Gasteiger partial charge in [-0.3, -0.25) is 4.99 Å². The molecule has 0 heterocycles. The molecular weight excluding hydrogens is 474 g/mol. The molecule has 1 atom stereocenters. The molecule has 3 aromatic carbocycles. The molecule has 0 fully saturated rings. The summed E-state index contributed by atoms with van der Waals surface area (Å²) in [4.78, 5) is 9.86. The van der Waals surface area contributed by atoms with Crippen LogP contribution in [0.2, 0.25) is 0 Å². The first-order valence-electron chi connectivity index (χ1n) is 14.8. The highest BCUT2D eigenvalue weighted by atomic mass is 15.1. The van der Waals surface area contributed by atoms with Crippen molar-refractivity contribution in [2.24, 2.45) is 4.99 Å². The molecule has 0 N–H and O–H groups in total. The van der Waals surface area contributed by atoms with Gasteiger partial charge in [0.1, 0.15) is 0 Å². The lowest BCUT2D eigenvalue weighted by Gasteiger charge is -2.25. The molecule has 1 aliphatic carbocycles. The maximum Gasteiger partial charge on any atom is 0.0656 e. The van der Waals surface area contributed by atoms with E-state index in [1.54, 1.807) is 0 Å². The van der Waals surface area contributed by atoms with Crippen molar-refractivity contribution in [2.45, 2.75) is 60.9 Å². The highest BCUT2D eigenvalue weighted by Gasteiger charge is 2.22. The van der Waals surface area contributed by atoms with Crippen LogP contribution >= 0.6 is 0 Å². The van der Waals surface area contributed by atoms with Gasteiger partial charge in [-0.1, -0.05) is 55.5 Å². The van der Waals surface area contributed by atoms with Gasteiger partial charge in [0.2, 0.25) is 0 Å². The number of anilines is 2. The molecule has 0 amide bonds. The van der Waals surface area contributed by atoms with Gasteiger partial charge in [-0.05, 0) is 112 Å². The smallest absolute Gasteiger partial charge is 0.0656 e. The number of benzene rings is 3. The minimum absolute atomic E-state index is 0.296. The topological polar surface area (TPSA) is 18.8 Å². The van der Waals surface area contributed by atoms with Gasteiger partial charge in [0.15, 0.2) is 0 Å². The molecule has 0 radical (unpaired) electrons. The molecule has 0 aliphatic heterocycles. The van der Waals surface area contributed by atoms with Crippen molar-refractivity contribution in [3.8, 4) is 0 Å². The summed E-state index contributed by atoms with van der Waals surface area (Å²) in [5, 5.41) is 0. The molecule has 1 unspecified atom stereocenters. The highest BCUT2D eigenvalue weighted by molar-refractivity contribution is 6.19. The van der Waals surface area contributed by atoms with Crippen LogP contribution in [0.4, 0.5) is 11.4 Å². The van der Waals surface area contributed by atoms with Crippen molar-refractivity contribution in [3.63, 3.8) is 0 Å². The SMILES string of the molecule is CCC(C)N=C1C=CC(=C(c2ccc(N(CC)CC)cc2)c2ccc(N(CC)CC)cc2C)c2ccccc21. The largest absolute Gasteiger partial charge is 0.372 e. The van der Waals surface area contributed by atoms with E-state index in [-0.39, 0.29) is 0 Å². The Labute approximate surface area is 236 Å². The van der Waals surface area contributed by atoms with Gasteiger partial charge in [0.05, 0.1) is 5.71 Å². The fourth-order valence-electron chi connectivity index (χ4n) is 5.54. The molecule has 3 heteroatoms. The number of hydrogen-bond acceptors (Lipinski definition) is 3. The molecule has 3 nitrogen and oxygen atoms in total. The van der Waals surface area contributed by atoms with Crippen molar-refractivity contribution >= 4 is 28.2 Å². The van der Waals surface area contributed by atoms with Crippen molar-refractivity contribution in [1.29, 1.82) is 0 Å². The maximum atomic E-state index is 5.05. The van der Waals surface area contributed by atoms with Crippen LogP contribution in [0.25, 0.3) is 11.1 Å². The number of rotatable bonds is 10. The molecule has 0 saturated carbocycles. The van der Waals surface area contributed by atoms with Crippen LogP contribution in [-0.2, 0) is 0 Å². The van der Waals surface area contributed by atoms with Gasteiger partial charge >= 0.3 is 0 Å². The molecule has 204 valence electrons. The second-order valence-corrected chi connectivity index (χ2v) is 10.3. The lowest BCUT2D eigenvalue weighted by molar-refractivity contribution is 0.718. The number of aryl methyl sites for hydroxylation is 1. The molecular formula is C36H45N3. The summed E-state index contributed by atoms with van der Waals surface area (Å²) in [5.41, 5.74) is 12.4. The third-order valence-electron chi connectivity index (χ3n) is 8.01. The van der Waals surface area contributed by atoms with Crippen LogP contribution < -0.4 is 9.80 Å². The molecule has 0 aromatic heterocycles. The van der Waals surface area contributed by atoms with Crippen LogP contribution in [0.1, 0.15) is 75.8 Å². The average molecular weight is 520 g/mol. The predicted octanol–water partition coefficient (Wildman–Crippen LogP) is 8.80. The van der Waals surface area contributed by atoms with Gasteiger partial charge in [0.25, 0.3) is 0 Å². The summed E-state index contributed by atoms with van der Waals surface area (Å²) in [6.45, 7) is 19.5. The number of aliphatic imine (C=N–C) groups is 1. The maximum absolute atomic E-state index is 5.05. The Kier molecular flexibility index (Phi) is 9.45. The van der Waals surface area contributed by atoms with Crippen molar-refractivity contribution < 1.29 is 0 Å². The summed E-state index contributed by atoms with van der Waals surface area (Å²) in [7, 11) is 0. The molecule has 0 spiro atoms. The van der Waals surface area contributed by atoms with Crippen molar-refractivity contribution in [1.82, 2.24) is 0 Å². The molecule has 1 aliphatic rings. The normalized spacial score (nSPS) is 15.7. The van der Waals surface area contributed by atoms with E-state index < -0.39 is 0 Å². The monoisotopic (exact) mass is 519 g/mol. The summed E-state index contributed by atoms with van der Waals surface area (Å²) in [6, 6.07) is 25.2. The van der Waals surface area contributed by atoms with E-state index in [4.69, 9.17) is 4.99 Å². The first-order chi connectivity index (χ1) is 18.9. The minimum atomic E-state index is 0.296. The van der Waals surface area contributed by atoms with Gasteiger partial charge in [-0.15, -0.1) is 0 Å². The lowest BCUT2D eigenvalue weighted by atomic mass is 9.82. The van der Waals surface area contributed by atoms with E-state index in [9.17, 15) is 0 Å². The van der Waals surface area contributed by atoms with E-state index in [0.717, 1.165) is 38.3 Å². The van der Waals surface area contributed by atoms with Crippen LogP contribution in [0.3, 0.4) is 0 Å². The predicted molar refractivity (Wildman–Crippen MR) is 173 cm³/mol. The highest BCUT2D eigenvalue weighted by Crippen LogP contribution is 2.39. The minimum Gasteiger partial charge on any atom is -0.372 e. The van der Waals surface area contributed by atoms with Gasteiger partial charge in [0, 0.05) is 49.2 Å². The molecule has 3 aromatic rings. The Morgan fingerprint density at radius 3 is 1.90 bits per heavy atom. The first-order valence-corrected chi connectivity index (χ1v) is 14.8. The molecule has 0 bridgehead atoms. The van der Waals surface area contributed by atoms with Gasteiger partial charge in [-0.2, -0.15) is 0 Å². The molecule has 0 saturated heterocycles. The third-order valence-corrected chi connectivity index (χ3v) is 8.01. The van der Waals surface area contributed by atoms with E-state index >= 15 is 0 Å². The fraction of sp³-hybridized carbons (Fsp3) is 0.361.